The zero-order valence-corrected chi connectivity index (χ0v) is 11.8. The van der Waals surface area contributed by atoms with E-state index in [9.17, 15) is 10.1 Å². The lowest BCUT2D eigenvalue weighted by Gasteiger charge is -2.10. The molecule has 7 heteroatoms. The van der Waals surface area contributed by atoms with Crippen LogP contribution in [0.25, 0.3) is 0 Å². The Hall–Kier alpha value is -2.60. The smallest absolute Gasteiger partial charge is 0.314 e. The van der Waals surface area contributed by atoms with Gasteiger partial charge in [0.2, 0.25) is 5.75 Å². The van der Waals surface area contributed by atoms with Gasteiger partial charge in [-0.2, -0.15) is 0 Å². The summed E-state index contributed by atoms with van der Waals surface area (Å²) in [5, 5.41) is 18.7. The van der Waals surface area contributed by atoms with E-state index in [2.05, 4.69) is 0 Å². The molecule has 2 rings (SSSR count). The number of aryl methyl sites for hydroxylation is 1. The third-order valence-electron chi connectivity index (χ3n) is 2.85. The normalized spacial score (nSPS) is 10.2. The number of nitrogen functional groups attached to an aromatic ring is 1. The Morgan fingerprint density at radius 2 is 2.05 bits per heavy atom. The predicted octanol–water partition coefficient (Wildman–Crippen LogP) is 3.63. The van der Waals surface area contributed by atoms with Crippen molar-refractivity contribution < 1.29 is 9.66 Å². The van der Waals surface area contributed by atoms with E-state index >= 15 is 0 Å². The number of hydrogen-bond donors (Lipinski definition) is 2. The van der Waals surface area contributed by atoms with Gasteiger partial charge in [-0.3, -0.25) is 15.5 Å². The van der Waals surface area contributed by atoms with Gasteiger partial charge in [-0.25, -0.2) is 0 Å². The van der Waals surface area contributed by atoms with Gasteiger partial charge in [-0.05, 0) is 31.2 Å². The number of nitrogens with two attached hydrogens (primary N) is 1. The fraction of sp³-hybridized carbons (Fsp3) is 0.0714. The molecule has 2 aromatic carbocycles. The molecule has 2 aromatic rings. The molecule has 0 amide bonds. The number of nitro groups is 1. The SMILES string of the molecule is Cc1cccc(Oc2ccc(C(=N)N)cc2Cl)c1[N+](=O)[O-]. The maximum atomic E-state index is 11.1. The highest BCUT2D eigenvalue weighted by molar-refractivity contribution is 6.32. The van der Waals surface area contributed by atoms with Crippen LogP contribution in [0.4, 0.5) is 5.69 Å². The highest BCUT2D eigenvalue weighted by Crippen LogP contribution is 2.36. The van der Waals surface area contributed by atoms with Crippen LogP contribution < -0.4 is 10.5 Å². The second kappa shape index (κ2) is 5.80. The molecule has 0 aliphatic heterocycles. The van der Waals surface area contributed by atoms with Crippen molar-refractivity contribution in [3.63, 3.8) is 0 Å². The highest BCUT2D eigenvalue weighted by atomic mass is 35.5. The molecule has 0 spiro atoms. The minimum absolute atomic E-state index is 0.107. The molecule has 0 fully saturated rings. The minimum atomic E-state index is -0.498. The lowest BCUT2D eigenvalue weighted by atomic mass is 10.2. The van der Waals surface area contributed by atoms with Crippen LogP contribution in [0, 0.1) is 22.4 Å². The van der Waals surface area contributed by atoms with Gasteiger partial charge in [-0.1, -0.05) is 23.7 Å². The maximum Gasteiger partial charge on any atom is 0.314 e. The fourth-order valence-corrected chi connectivity index (χ4v) is 2.04. The first-order chi connectivity index (χ1) is 9.90. The van der Waals surface area contributed by atoms with Crippen molar-refractivity contribution >= 4 is 23.1 Å². The second-order valence-electron chi connectivity index (χ2n) is 4.34. The summed E-state index contributed by atoms with van der Waals surface area (Å²) in [6.07, 6.45) is 0. The summed E-state index contributed by atoms with van der Waals surface area (Å²) in [5.41, 5.74) is 6.20. The van der Waals surface area contributed by atoms with Gasteiger partial charge in [0.15, 0.2) is 0 Å². The first-order valence-corrected chi connectivity index (χ1v) is 6.33. The number of para-hydroxylation sites is 1. The van der Waals surface area contributed by atoms with Gasteiger partial charge in [0.05, 0.1) is 9.95 Å². The van der Waals surface area contributed by atoms with E-state index in [1.54, 1.807) is 25.1 Å². The molecule has 0 heterocycles. The Balaban J connectivity index is 2.42. The van der Waals surface area contributed by atoms with Crippen molar-refractivity contribution in [3.05, 3.63) is 62.7 Å². The summed E-state index contributed by atoms with van der Waals surface area (Å²) < 4.78 is 5.53. The Morgan fingerprint density at radius 3 is 2.62 bits per heavy atom. The average Bonchev–Trinajstić information content (AvgIpc) is 2.40. The number of rotatable bonds is 4. The third kappa shape index (κ3) is 3.11. The zero-order valence-electron chi connectivity index (χ0n) is 11.1. The Bertz CT molecular complexity index is 731. The summed E-state index contributed by atoms with van der Waals surface area (Å²) in [6.45, 7) is 1.63. The molecule has 0 aliphatic carbocycles. The lowest BCUT2D eigenvalue weighted by Crippen LogP contribution is -2.10. The maximum absolute atomic E-state index is 11.1. The van der Waals surface area contributed by atoms with Gasteiger partial charge in [0.25, 0.3) is 0 Å². The number of ether oxygens (including phenoxy) is 1. The van der Waals surface area contributed by atoms with Crippen LogP contribution in [-0.2, 0) is 0 Å². The summed E-state index contributed by atoms with van der Waals surface area (Å²) in [7, 11) is 0. The van der Waals surface area contributed by atoms with Crippen molar-refractivity contribution in [2.24, 2.45) is 5.73 Å². The van der Waals surface area contributed by atoms with Crippen molar-refractivity contribution in [2.45, 2.75) is 6.92 Å². The lowest BCUT2D eigenvalue weighted by molar-refractivity contribution is -0.386. The summed E-state index contributed by atoms with van der Waals surface area (Å²) in [5.74, 6) is 0.248. The van der Waals surface area contributed by atoms with Gasteiger partial charge >= 0.3 is 5.69 Å². The van der Waals surface area contributed by atoms with Crippen LogP contribution in [-0.4, -0.2) is 10.8 Å². The Kier molecular flexibility index (Phi) is 4.09. The van der Waals surface area contributed by atoms with Gasteiger partial charge < -0.3 is 10.5 Å². The number of nitrogens with zero attached hydrogens (tertiary/aromatic N) is 1. The largest absolute Gasteiger partial charge is 0.449 e. The molecular weight excluding hydrogens is 294 g/mol. The molecule has 108 valence electrons. The Morgan fingerprint density at radius 1 is 1.33 bits per heavy atom. The molecule has 6 nitrogen and oxygen atoms in total. The summed E-state index contributed by atoms with van der Waals surface area (Å²) in [4.78, 5) is 10.6. The van der Waals surface area contributed by atoms with Gasteiger partial charge in [0, 0.05) is 11.1 Å². The molecule has 0 bridgehead atoms. The molecule has 21 heavy (non-hydrogen) atoms. The molecule has 0 unspecified atom stereocenters. The molecule has 3 N–H and O–H groups in total. The van der Waals surface area contributed by atoms with Crippen LogP contribution in [0.1, 0.15) is 11.1 Å². The fourth-order valence-electron chi connectivity index (χ4n) is 1.82. The standard InChI is InChI=1S/C14H12ClN3O3/c1-8-3-2-4-12(13(8)18(19)20)21-11-6-5-9(14(16)17)7-10(11)15/h2-7H,1H3,(H3,16,17). The van der Waals surface area contributed by atoms with E-state index in [1.807, 2.05) is 0 Å². The monoisotopic (exact) mass is 305 g/mol. The van der Waals surface area contributed by atoms with Crippen LogP contribution >= 0.6 is 11.6 Å². The number of benzene rings is 2. The van der Waals surface area contributed by atoms with Crippen LogP contribution in [0.2, 0.25) is 5.02 Å². The molecular formula is C14H12ClN3O3. The summed E-state index contributed by atoms with van der Waals surface area (Å²) >= 11 is 6.05. The predicted molar refractivity (Wildman–Crippen MR) is 80.4 cm³/mol. The highest BCUT2D eigenvalue weighted by Gasteiger charge is 2.19. The topological polar surface area (TPSA) is 102 Å². The first-order valence-electron chi connectivity index (χ1n) is 5.96. The zero-order chi connectivity index (χ0) is 15.6. The minimum Gasteiger partial charge on any atom is -0.449 e. The second-order valence-corrected chi connectivity index (χ2v) is 4.75. The van der Waals surface area contributed by atoms with Crippen LogP contribution in [0.15, 0.2) is 36.4 Å². The van der Waals surface area contributed by atoms with Crippen molar-refractivity contribution in [3.8, 4) is 11.5 Å². The van der Waals surface area contributed by atoms with E-state index in [4.69, 9.17) is 27.5 Å². The first kappa shape index (κ1) is 14.8. The van der Waals surface area contributed by atoms with E-state index in [-0.39, 0.29) is 28.0 Å². The molecule has 0 aliphatic rings. The number of halogens is 1. The van der Waals surface area contributed by atoms with Gasteiger partial charge in [0.1, 0.15) is 11.6 Å². The quantitative estimate of drug-likeness (QED) is 0.389. The number of hydrogen-bond acceptors (Lipinski definition) is 4. The molecule has 0 aromatic heterocycles. The molecule has 0 saturated carbocycles. The van der Waals surface area contributed by atoms with E-state index in [1.165, 1.54) is 18.2 Å². The van der Waals surface area contributed by atoms with Crippen molar-refractivity contribution in [1.29, 1.82) is 5.41 Å². The number of amidine groups is 1. The Labute approximate surface area is 125 Å². The third-order valence-corrected chi connectivity index (χ3v) is 3.14. The molecule has 0 atom stereocenters. The van der Waals surface area contributed by atoms with Crippen molar-refractivity contribution in [1.82, 2.24) is 0 Å². The van der Waals surface area contributed by atoms with E-state index in [0.29, 0.717) is 11.1 Å². The molecule has 0 radical (unpaired) electrons. The van der Waals surface area contributed by atoms with Crippen LogP contribution in [0.5, 0.6) is 11.5 Å². The number of nitrogens with one attached hydrogen (secondary N) is 1. The number of nitro benzene ring substituents is 1. The van der Waals surface area contributed by atoms with Crippen LogP contribution in [0.3, 0.4) is 0 Å². The molecule has 0 saturated heterocycles. The average molecular weight is 306 g/mol. The van der Waals surface area contributed by atoms with Crippen molar-refractivity contribution in [2.75, 3.05) is 0 Å². The summed E-state index contributed by atoms with van der Waals surface area (Å²) in [6, 6.07) is 9.35. The van der Waals surface area contributed by atoms with Gasteiger partial charge in [-0.15, -0.1) is 0 Å². The van der Waals surface area contributed by atoms with E-state index in [0.717, 1.165) is 0 Å². The van der Waals surface area contributed by atoms with E-state index < -0.39 is 4.92 Å².